The average Bonchev–Trinajstić information content (AvgIpc) is 2.59. The molecule has 1 N–H and O–H groups in total. The molecule has 0 aromatic heterocycles. The molecule has 0 saturated carbocycles. The Bertz CT molecular complexity index is 486. The smallest absolute Gasteiger partial charge is 0.240 e. The van der Waals surface area contributed by atoms with Gasteiger partial charge in [0.25, 0.3) is 0 Å². The minimum absolute atomic E-state index is 0.176. The van der Waals surface area contributed by atoms with E-state index in [2.05, 4.69) is 10.3 Å². The number of amides is 2. The molecule has 80 valence electrons. The van der Waals surface area contributed by atoms with E-state index in [9.17, 15) is 14.4 Å². The lowest BCUT2D eigenvalue weighted by Crippen LogP contribution is -2.21. The second-order valence-corrected chi connectivity index (χ2v) is 3.46. The maximum Gasteiger partial charge on any atom is 0.240 e. The van der Waals surface area contributed by atoms with Crippen molar-refractivity contribution in [2.75, 3.05) is 0 Å². The van der Waals surface area contributed by atoms with Gasteiger partial charge in [0.2, 0.25) is 17.9 Å². The van der Waals surface area contributed by atoms with Crippen LogP contribution in [-0.4, -0.2) is 17.9 Å². The van der Waals surface area contributed by atoms with Gasteiger partial charge in [0.15, 0.2) is 0 Å². The van der Waals surface area contributed by atoms with E-state index in [0.717, 1.165) is 5.56 Å². The summed E-state index contributed by atoms with van der Waals surface area (Å²) in [5.74, 6) is -0.969. The predicted octanol–water partition coefficient (Wildman–Crippen LogP) is 0.784. The lowest BCUT2D eigenvalue weighted by molar-refractivity contribution is -0.125. The van der Waals surface area contributed by atoms with E-state index in [1.54, 1.807) is 24.3 Å². The number of benzene rings is 1. The van der Waals surface area contributed by atoms with Crippen LogP contribution in [0.15, 0.2) is 29.3 Å². The first kappa shape index (κ1) is 10.3. The van der Waals surface area contributed by atoms with Gasteiger partial charge in [-0.15, -0.1) is 0 Å². The van der Waals surface area contributed by atoms with Gasteiger partial charge in [0, 0.05) is 6.42 Å². The van der Waals surface area contributed by atoms with Crippen LogP contribution in [0.2, 0.25) is 0 Å². The standard InChI is InChI=1S/C11H8N2O3/c14-6-12-8-3-1-7(2-4-8)9-5-10(15)13-11(9)16/h1-4,9H,5H2,(H,13,15,16). The Morgan fingerprint density at radius 1 is 1.25 bits per heavy atom. The van der Waals surface area contributed by atoms with Crippen LogP contribution in [0.3, 0.4) is 0 Å². The average molecular weight is 216 g/mol. The molecule has 0 spiro atoms. The summed E-state index contributed by atoms with van der Waals surface area (Å²) >= 11 is 0. The van der Waals surface area contributed by atoms with Gasteiger partial charge in [0.05, 0.1) is 11.6 Å². The number of rotatable bonds is 2. The SMILES string of the molecule is O=C=Nc1ccc(C2CC(=O)NC2=O)cc1. The van der Waals surface area contributed by atoms with Crippen LogP contribution < -0.4 is 5.32 Å². The van der Waals surface area contributed by atoms with Gasteiger partial charge in [0.1, 0.15) is 0 Å². The van der Waals surface area contributed by atoms with Gasteiger partial charge in [-0.1, -0.05) is 12.1 Å². The molecule has 0 bridgehead atoms. The van der Waals surface area contributed by atoms with Crippen LogP contribution in [0.5, 0.6) is 0 Å². The van der Waals surface area contributed by atoms with Crippen molar-refractivity contribution in [3.8, 4) is 0 Å². The molecule has 1 saturated heterocycles. The Hall–Kier alpha value is -2.26. The maximum atomic E-state index is 11.4. The first-order valence-electron chi connectivity index (χ1n) is 4.72. The Morgan fingerprint density at radius 2 is 1.94 bits per heavy atom. The molecular formula is C11H8N2O3. The third kappa shape index (κ3) is 1.89. The lowest BCUT2D eigenvalue weighted by Gasteiger charge is -2.05. The molecule has 2 amide bonds. The molecule has 2 rings (SSSR count). The number of nitrogens with one attached hydrogen (secondary N) is 1. The van der Waals surface area contributed by atoms with Crippen LogP contribution in [-0.2, 0) is 14.4 Å². The molecule has 0 aliphatic carbocycles. The summed E-state index contributed by atoms with van der Waals surface area (Å²) in [6.07, 6.45) is 1.61. The third-order valence-electron chi connectivity index (χ3n) is 2.44. The number of nitrogens with zero attached hydrogens (tertiary/aromatic N) is 1. The normalized spacial score (nSPS) is 19.1. The highest BCUT2D eigenvalue weighted by Gasteiger charge is 2.31. The minimum atomic E-state index is -0.429. The van der Waals surface area contributed by atoms with Crippen molar-refractivity contribution < 1.29 is 14.4 Å². The first-order chi connectivity index (χ1) is 7.70. The molecule has 1 aliphatic rings. The first-order valence-corrected chi connectivity index (χ1v) is 4.72. The van der Waals surface area contributed by atoms with Crippen molar-refractivity contribution in [2.24, 2.45) is 4.99 Å². The molecule has 1 aromatic rings. The third-order valence-corrected chi connectivity index (χ3v) is 2.44. The Balaban J connectivity index is 2.25. The highest BCUT2D eigenvalue weighted by Crippen LogP contribution is 2.25. The van der Waals surface area contributed by atoms with Crippen molar-refractivity contribution in [3.63, 3.8) is 0 Å². The Kier molecular flexibility index (Phi) is 2.62. The van der Waals surface area contributed by atoms with Gasteiger partial charge in [-0.05, 0) is 17.7 Å². The van der Waals surface area contributed by atoms with Gasteiger partial charge < -0.3 is 0 Å². The second-order valence-electron chi connectivity index (χ2n) is 3.46. The monoisotopic (exact) mass is 216 g/mol. The Morgan fingerprint density at radius 3 is 2.44 bits per heavy atom. The highest BCUT2D eigenvalue weighted by atomic mass is 16.2. The molecule has 5 heteroatoms. The molecule has 0 radical (unpaired) electrons. The fourth-order valence-electron chi connectivity index (χ4n) is 1.66. The molecule has 16 heavy (non-hydrogen) atoms. The van der Waals surface area contributed by atoms with E-state index >= 15 is 0 Å². The number of hydrogen-bond acceptors (Lipinski definition) is 4. The fourth-order valence-corrected chi connectivity index (χ4v) is 1.66. The summed E-state index contributed by atoms with van der Waals surface area (Å²) in [6, 6.07) is 6.57. The summed E-state index contributed by atoms with van der Waals surface area (Å²) in [6.45, 7) is 0. The van der Waals surface area contributed by atoms with E-state index in [4.69, 9.17) is 0 Å². The molecule has 1 aromatic carbocycles. The van der Waals surface area contributed by atoms with Crippen molar-refractivity contribution in [1.82, 2.24) is 5.32 Å². The van der Waals surface area contributed by atoms with Gasteiger partial charge in [-0.3, -0.25) is 14.9 Å². The number of imide groups is 1. The quantitative estimate of drug-likeness (QED) is 0.451. The highest BCUT2D eigenvalue weighted by molar-refractivity contribution is 6.06. The summed E-state index contributed by atoms with van der Waals surface area (Å²) in [5, 5.41) is 2.24. The summed E-state index contributed by atoms with van der Waals surface area (Å²) in [4.78, 5) is 35.8. The van der Waals surface area contributed by atoms with Gasteiger partial charge in [-0.25, -0.2) is 4.79 Å². The summed E-state index contributed by atoms with van der Waals surface area (Å²) in [7, 11) is 0. The number of hydrogen-bond donors (Lipinski definition) is 1. The van der Waals surface area contributed by atoms with Crippen molar-refractivity contribution in [2.45, 2.75) is 12.3 Å². The minimum Gasteiger partial charge on any atom is -0.296 e. The van der Waals surface area contributed by atoms with E-state index < -0.39 is 5.92 Å². The lowest BCUT2D eigenvalue weighted by atomic mass is 9.97. The summed E-state index contributed by atoms with van der Waals surface area (Å²) in [5.41, 5.74) is 1.22. The van der Waals surface area contributed by atoms with Crippen molar-refractivity contribution >= 4 is 23.6 Å². The van der Waals surface area contributed by atoms with E-state index in [1.807, 2.05) is 0 Å². The topological polar surface area (TPSA) is 75.6 Å². The molecule has 5 nitrogen and oxygen atoms in total. The number of carbonyl (C=O) groups excluding carboxylic acids is 3. The van der Waals surface area contributed by atoms with Crippen LogP contribution in [0.1, 0.15) is 17.9 Å². The number of isocyanates is 1. The Labute approximate surface area is 91.2 Å². The molecule has 1 atom stereocenters. The van der Waals surface area contributed by atoms with E-state index in [1.165, 1.54) is 6.08 Å². The van der Waals surface area contributed by atoms with Crippen LogP contribution in [0.4, 0.5) is 5.69 Å². The van der Waals surface area contributed by atoms with Gasteiger partial charge in [-0.2, -0.15) is 4.99 Å². The maximum absolute atomic E-state index is 11.4. The fraction of sp³-hybridized carbons (Fsp3) is 0.182. The zero-order valence-electron chi connectivity index (χ0n) is 8.27. The molecular weight excluding hydrogens is 208 g/mol. The molecule has 1 heterocycles. The summed E-state index contributed by atoms with van der Waals surface area (Å²) < 4.78 is 0. The number of carbonyl (C=O) groups is 2. The van der Waals surface area contributed by atoms with E-state index in [0.29, 0.717) is 5.69 Å². The second kappa shape index (κ2) is 4.08. The van der Waals surface area contributed by atoms with Crippen molar-refractivity contribution in [1.29, 1.82) is 0 Å². The largest absolute Gasteiger partial charge is 0.296 e. The van der Waals surface area contributed by atoms with Crippen LogP contribution >= 0.6 is 0 Å². The van der Waals surface area contributed by atoms with Gasteiger partial charge >= 0.3 is 0 Å². The van der Waals surface area contributed by atoms with Crippen LogP contribution in [0.25, 0.3) is 0 Å². The van der Waals surface area contributed by atoms with Crippen molar-refractivity contribution in [3.05, 3.63) is 29.8 Å². The molecule has 1 aliphatic heterocycles. The zero-order valence-corrected chi connectivity index (χ0v) is 8.27. The van der Waals surface area contributed by atoms with E-state index in [-0.39, 0.29) is 18.2 Å². The number of aliphatic imine (C=N–C) groups is 1. The predicted molar refractivity (Wildman–Crippen MR) is 54.7 cm³/mol. The zero-order chi connectivity index (χ0) is 11.5. The van der Waals surface area contributed by atoms with Crippen LogP contribution in [0, 0.1) is 0 Å². The molecule has 1 unspecified atom stereocenters. The molecule has 1 fully saturated rings.